The first-order chi connectivity index (χ1) is 11.3. The molecule has 0 atom stereocenters. The van der Waals surface area contributed by atoms with E-state index in [0.29, 0.717) is 15.0 Å². The molecular formula is C16H14ClN3O3S. The van der Waals surface area contributed by atoms with Crippen molar-refractivity contribution in [2.24, 2.45) is 0 Å². The van der Waals surface area contributed by atoms with Crippen molar-refractivity contribution >= 4 is 33.2 Å². The summed E-state index contributed by atoms with van der Waals surface area (Å²) in [4.78, 5) is 16.8. The molecule has 6 nitrogen and oxygen atoms in total. The Hall–Kier alpha value is -2.38. The number of benzene rings is 1. The molecule has 0 radical (unpaired) electrons. The monoisotopic (exact) mass is 363 g/mol. The minimum absolute atomic E-state index is 0.00417. The van der Waals surface area contributed by atoms with Crippen LogP contribution in [-0.2, 0) is 10.0 Å². The summed E-state index contributed by atoms with van der Waals surface area (Å²) >= 11 is 6.12. The molecule has 0 fully saturated rings. The summed E-state index contributed by atoms with van der Waals surface area (Å²) < 4.78 is 27.3. The molecule has 0 unspecified atom stereocenters. The molecule has 3 aromatic rings. The number of aryl methyl sites for hydroxylation is 1. The number of hydrogen-bond donors (Lipinski definition) is 0. The van der Waals surface area contributed by atoms with Gasteiger partial charge in [-0.3, -0.25) is 4.79 Å². The number of imidazole rings is 1. The molecule has 0 aliphatic heterocycles. The van der Waals surface area contributed by atoms with Gasteiger partial charge in [0.05, 0.1) is 9.92 Å². The molecule has 0 N–H and O–H groups in total. The zero-order valence-corrected chi connectivity index (χ0v) is 14.5. The van der Waals surface area contributed by atoms with Crippen molar-refractivity contribution in [3.63, 3.8) is 0 Å². The summed E-state index contributed by atoms with van der Waals surface area (Å²) in [5.74, 6) is -0.726. The summed E-state index contributed by atoms with van der Waals surface area (Å²) in [5, 5.41) is 0.391. The van der Waals surface area contributed by atoms with Crippen LogP contribution in [0.3, 0.4) is 0 Å². The van der Waals surface area contributed by atoms with Gasteiger partial charge < -0.3 is 4.40 Å². The first-order valence-electron chi connectivity index (χ1n) is 7.04. The first-order valence-corrected chi connectivity index (χ1v) is 8.85. The SMILES string of the molecule is Cc1cc(Cl)c2nc(C(=O)N(C)S(=O)(=O)c3ccccc3)cn2c1. The van der Waals surface area contributed by atoms with Crippen molar-refractivity contribution in [2.75, 3.05) is 7.05 Å². The number of pyridine rings is 1. The summed E-state index contributed by atoms with van der Waals surface area (Å²) in [7, 11) is -2.73. The molecule has 8 heteroatoms. The maximum absolute atomic E-state index is 12.6. The molecule has 0 aliphatic carbocycles. The third kappa shape index (κ3) is 2.76. The van der Waals surface area contributed by atoms with Crippen molar-refractivity contribution < 1.29 is 13.2 Å². The Morgan fingerprint density at radius 2 is 1.88 bits per heavy atom. The molecular weight excluding hydrogens is 350 g/mol. The predicted octanol–water partition coefficient (Wildman–Crippen LogP) is 2.76. The molecule has 0 aliphatic rings. The Morgan fingerprint density at radius 3 is 2.54 bits per heavy atom. The van der Waals surface area contributed by atoms with Crippen LogP contribution in [0.25, 0.3) is 5.65 Å². The number of hydrogen-bond acceptors (Lipinski definition) is 4. The average Bonchev–Trinajstić information content (AvgIpc) is 2.98. The smallest absolute Gasteiger partial charge is 0.287 e. The zero-order valence-electron chi connectivity index (χ0n) is 13.0. The number of aromatic nitrogens is 2. The Morgan fingerprint density at radius 1 is 1.21 bits per heavy atom. The van der Waals surface area contributed by atoms with E-state index in [0.717, 1.165) is 5.56 Å². The van der Waals surface area contributed by atoms with Crippen LogP contribution < -0.4 is 0 Å². The van der Waals surface area contributed by atoms with Crippen LogP contribution in [0.4, 0.5) is 0 Å². The highest BCUT2D eigenvalue weighted by Gasteiger charge is 2.28. The molecule has 124 valence electrons. The number of fused-ring (bicyclic) bond motifs is 1. The first kappa shape index (κ1) is 16.5. The van der Waals surface area contributed by atoms with Gasteiger partial charge in [0.25, 0.3) is 15.9 Å². The van der Waals surface area contributed by atoms with Gasteiger partial charge in [-0.05, 0) is 30.7 Å². The van der Waals surface area contributed by atoms with Crippen LogP contribution in [0.1, 0.15) is 16.1 Å². The highest BCUT2D eigenvalue weighted by Crippen LogP contribution is 2.21. The Labute approximate surface area is 144 Å². The fourth-order valence-corrected chi connectivity index (χ4v) is 3.75. The number of carbonyl (C=O) groups excluding carboxylic acids is 1. The van der Waals surface area contributed by atoms with Gasteiger partial charge in [-0.1, -0.05) is 29.8 Å². The van der Waals surface area contributed by atoms with Crippen LogP contribution in [0.15, 0.2) is 53.7 Å². The van der Waals surface area contributed by atoms with Gasteiger partial charge in [-0.2, -0.15) is 0 Å². The topological polar surface area (TPSA) is 71.8 Å². The van der Waals surface area contributed by atoms with Gasteiger partial charge in [0, 0.05) is 19.4 Å². The molecule has 0 bridgehead atoms. The lowest BCUT2D eigenvalue weighted by Gasteiger charge is -2.16. The predicted molar refractivity (Wildman–Crippen MR) is 90.7 cm³/mol. The summed E-state index contributed by atoms with van der Waals surface area (Å²) in [5.41, 5.74) is 1.30. The van der Waals surface area contributed by atoms with Crippen LogP contribution in [0.2, 0.25) is 5.02 Å². The van der Waals surface area contributed by atoms with E-state index in [2.05, 4.69) is 4.98 Å². The minimum atomic E-state index is -3.94. The molecule has 2 heterocycles. The van der Waals surface area contributed by atoms with Crippen molar-refractivity contribution in [1.29, 1.82) is 0 Å². The molecule has 0 saturated carbocycles. The maximum atomic E-state index is 12.6. The summed E-state index contributed by atoms with van der Waals surface area (Å²) in [6, 6.07) is 9.49. The highest BCUT2D eigenvalue weighted by molar-refractivity contribution is 7.89. The van der Waals surface area contributed by atoms with Crippen molar-refractivity contribution in [1.82, 2.24) is 13.7 Å². The molecule has 0 spiro atoms. The molecule has 0 saturated heterocycles. The second kappa shape index (κ2) is 5.92. The number of nitrogens with zero attached hydrogens (tertiary/aromatic N) is 3. The molecule has 24 heavy (non-hydrogen) atoms. The van der Waals surface area contributed by atoms with E-state index in [1.807, 2.05) is 6.92 Å². The van der Waals surface area contributed by atoms with Gasteiger partial charge in [-0.15, -0.1) is 0 Å². The largest absolute Gasteiger partial charge is 0.305 e. The standard InChI is InChI=1S/C16H14ClN3O3S/c1-11-8-13(17)15-18-14(10-20(15)9-11)16(21)19(2)24(22,23)12-6-4-3-5-7-12/h3-10H,1-2H3. The second-order valence-corrected chi connectivity index (χ2v) is 7.69. The zero-order chi connectivity index (χ0) is 17.5. The number of sulfonamides is 1. The van der Waals surface area contributed by atoms with Gasteiger partial charge >= 0.3 is 0 Å². The molecule has 3 rings (SSSR count). The van der Waals surface area contributed by atoms with Crippen molar-refractivity contribution in [3.05, 3.63) is 65.1 Å². The fourth-order valence-electron chi connectivity index (χ4n) is 2.31. The van der Waals surface area contributed by atoms with E-state index >= 15 is 0 Å². The molecule has 2 aromatic heterocycles. The van der Waals surface area contributed by atoms with Crippen LogP contribution >= 0.6 is 11.6 Å². The lowest BCUT2D eigenvalue weighted by molar-refractivity contribution is 0.0878. The van der Waals surface area contributed by atoms with Crippen molar-refractivity contribution in [2.45, 2.75) is 11.8 Å². The third-order valence-corrected chi connectivity index (χ3v) is 5.58. The van der Waals surface area contributed by atoms with Crippen LogP contribution in [0.5, 0.6) is 0 Å². The fraction of sp³-hybridized carbons (Fsp3) is 0.125. The van der Waals surface area contributed by atoms with E-state index < -0.39 is 15.9 Å². The van der Waals surface area contributed by atoms with Gasteiger partial charge in [0.15, 0.2) is 5.65 Å². The van der Waals surface area contributed by atoms with Gasteiger partial charge in [0.1, 0.15) is 5.69 Å². The van der Waals surface area contributed by atoms with E-state index in [9.17, 15) is 13.2 Å². The quantitative estimate of drug-likeness (QED) is 0.717. The summed E-state index contributed by atoms with van der Waals surface area (Å²) in [6.45, 7) is 1.86. The van der Waals surface area contributed by atoms with Crippen molar-refractivity contribution in [3.8, 4) is 0 Å². The van der Waals surface area contributed by atoms with E-state index in [1.165, 1.54) is 25.4 Å². The second-order valence-electron chi connectivity index (χ2n) is 5.31. The minimum Gasteiger partial charge on any atom is -0.305 e. The third-order valence-electron chi connectivity index (χ3n) is 3.55. The average molecular weight is 364 g/mol. The van der Waals surface area contributed by atoms with E-state index in [-0.39, 0.29) is 10.6 Å². The Kier molecular flexibility index (Phi) is 4.06. The lowest BCUT2D eigenvalue weighted by atomic mass is 10.3. The van der Waals surface area contributed by atoms with Gasteiger partial charge in [-0.25, -0.2) is 17.7 Å². The van der Waals surface area contributed by atoms with Crippen LogP contribution in [-0.4, -0.2) is 35.1 Å². The Bertz CT molecular complexity index is 1030. The number of amides is 1. The van der Waals surface area contributed by atoms with Crippen LogP contribution in [0, 0.1) is 6.92 Å². The summed E-state index contributed by atoms with van der Waals surface area (Å²) in [6.07, 6.45) is 3.23. The number of carbonyl (C=O) groups is 1. The Balaban J connectivity index is 2.01. The number of rotatable bonds is 3. The highest BCUT2D eigenvalue weighted by atomic mass is 35.5. The molecule has 1 amide bonds. The molecule has 1 aromatic carbocycles. The van der Waals surface area contributed by atoms with Gasteiger partial charge in [0.2, 0.25) is 0 Å². The number of halogens is 1. The van der Waals surface area contributed by atoms with E-state index in [1.54, 1.807) is 34.9 Å². The lowest BCUT2D eigenvalue weighted by Crippen LogP contribution is -2.33. The normalized spacial score (nSPS) is 11.6. The maximum Gasteiger partial charge on any atom is 0.287 e. The van der Waals surface area contributed by atoms with E-state index in [4.69, 9.17) is 11.6 Å².